The fourth-order valence-corrected chi connectivity index (χ4v) is 2.61. The van der Waals surface area contributed by atoms with E-state index in [2.05, 4.69) is 0 Å². The molecule has 0 saturated carbocycles. The second-order valence-corrected chi connectivity index (χ2v) is 5.18. The van der Waals surface area contributed by atoms with E-state index in [9.17, 15) is 9.18 Å². The predicted molar refractivity (Wildman–Crippen MR) is 72.8 cm³/mol. The second-order valence-electron chi connectivity index (χ2n) is 3.73. The molecular weight excluding hydrogens is 271 g/mol. The van der Waals surface area contributed by atoms with E-state index in [-0.39, 0.29) is 5.02 Å². The van der Waals surface area contributed by atoms with Crippen molar-refractivity contribution < 1.29 is 9.18 Å². The molecular formula is C14H10ClFOS. The molecule has 0 N–H and O–H groups in total. The Morgan fingerprint density at radius 1 is 1.22 bits per heavy atom. The smallest absolute Gasteiger partial charge is 0.150 e. The second kappa shape index (κ2) is 6.03. The summed E-state index contributed by atoms with van der Waals surface area (Å²) >= 11 is 7.26. The third-order valence-corrected chi connectivity index (χ3v) is 3.74. The summed E-state index contributed by atoms with van der Waals surface area (Å²) in [5.41, 5.74) is 1.70. The summed E-state index contributed by atoms with van der Waals surface area (Å²) in [4.78, 5) is 11.6. The van der Waals surface area contributed by atoms with Gasteiger partial charge in [0.25, 0.3) is 0 Å². The molecule has 0 aliphatic rings. The fourth-order valence-electron chi connectivity index (χ4n) is 1.49. The summed E-state index contributed by atoms with van der Waals surface area (Å²) in [5, 5.41) is 0.127. The number of benzene rings is 2. The van der Waals surface area contributed by atoms with Crippen LogP contribution in [0.3, 0.4) is 0 Å². The number of carbonyl (C=O) groups is 1. The average Bonchev–Trinajstić information content (AvgIpc) is 2.40. The van der Waals surface area contributed by atoms with E-state index in [4.69, 9.17) is 11.6 Å². The predicted octanol–water partition coefficient (Wildman–Crippen LogP) is 4.58. The van der Waals surface area contributed by atoms with Crippen molar-refractivity contribution in [2.75, 3.05) is 0 Å². The molecule has 0 fully saturated rings. The molecule has 2 aromatic rings. The standard InChI is InChI=1S/C14H10ClFOS/c15-13-7-12(4-5-14(13)16)18-9-11-3-1-2-10(6-11)8-17/h1-8H,9H2. The summed E-state index contributed by atoms with van der Waals surface area (Å²) in [6, 6.07) is 12.0. The summed E-state index contributed by atoms with van der Waals surface area (Å²) in [6.45, 7) is 0. The number of thioether (sulfide) groups is 1. The van der Waals surface area contributed by atoms with Crippen LogP contribution in [-0.2, 0) is 5.75 Å². The molecule has 4 heteroatoms. The average molecular weight is 281 g/mol. The number of hydrogen-bond donors (Lipinski definition) is 0. The van der Waals surface area contributed by atoms with Crippen LogP contribution >= 0.6 is 23.4 Å². The molecule has 0 heterocycles. The fraction of sp³-hybridized carbons (Fsp3) is 0.0714. The van der Waals surface area contributed by atoms with Crippen LogP contribution in [0.2, 0.25) is 5.02 Å². The van der Waals surface area contributed by atoms with Gasteiger partial charge in [-0.3, -0.25) is 4.79 Å². The molecule has 0 atom stereocenters. The van der Waals surface area contributed by atoms with Crippen LogP contribution in [-0.4, -0.2) is 6.29 Å². The van der Waals surface area contributed by atoms with Gasteiger partial charge in [-0.05, 0) is 29.8 Å². The molecule has 1 nitrogen and oxygen atoms in total. The van der Waals surface area contributed by atoms with E-state index in [1.54, 1.807) is 30.0 Å². The number of halogens is 2. The minimum Gasteiger partial charge on any atom is -0.298 e. The number of aldehydes is 1. The highest BCUT2D eigenvalue weighted by atomic mass is 35.5. The molecule has 0 aromatic heterocycles. The Labute approximate surface area is 114 Å². The lowest BCUT2D eigenvalue weighted by molar-refractivity contribution is 0.112. The largest absolute Gasteiger partial charge is 0.298 e. The molecule has 0 aliphatic heterocycles. The monoisotopic (exact) mass is 280 g/mol. The van der Waals surface area contributed by atoms with Crippen LogP contribution in [0, 0.1) is 5.82 Å². The molecule has 0 unspecified atom stereocenters. The van der Waals surface area contributed by atoms with Crippen LogP contribution < -0.4 is 0 Å². The van der Waals surface area contributed by atoms with Crippen LogP contribution in [0.25, 0.3) is 0 Å². The Morgan fingerprint density at radius 3 is 2.78 bits per heavy atom. The maximum absolute atomic E-state index is 13.0. The quantitative estimate of drug-likeness (QED) is 0.602. The van der Waals surface area contributed by atoms with Crippen molar-refractivity contribution in [2.24, 2.45) is 0 Å². The van der Waals surface area contributed by atoms with Crippen LogP contribution in [0.4, 0.5) is 4.39 Å². The van der Waals surface area contributed by atoms with Crippen molar-refractivity contribution in [1.82, 2.24) is 0 Å². The first kappa shape index (κ1) is 13.1. The van der Waals surface area contributed by atoms with Gasteiger partial charge in [-0.15, -0.1) is 11.8 Å². The van der Waals surface area contributed by atoms with Crippen molar-refractivity contribution >= 4 is 29.6 Å². The van der Waals surface area contributed by atoms with Gasteiger partial charge in [0.15, 0.2) is 0 Å². The zero-order chi connectivity index (χ0) is 13.0. The minimum absolute atomic E-state index is 0.127. The highest BCUT2D eigenvalue weighted by Crippen LogP contribution is 2.26. The van der Waals surface area contributed by atoms with Gasteiger partial charge in [-0.2, -0.15) is 0 Å². The lowest BCUT2D eigenvalue weighted by atomic mass is 10.2. The molecule has 2 aromatic carbocycles. The van der Waals surface area contributed by atoms with E-state index in [0.717, 1.165) is 16.7 Å². The Kier molecular flexibility index (Phi) is 4.39. The van der Waals surface area contributed by atoms with Crippen LogP contribution in [0.15, 0.2) is 47.4 Å². The van der Waals surface area contributed by atoms with Crippen molar-refractivity contribution in [1.29, 1.82) is 0 Å². The molecule has 18 heavy (non-hydrogen) atoms. The van der Waals surface area contributed by atoms with E-state index in [1.807, 2.05) is 18.2 Å². The molecule has 92 valence electrons. The van der Waals surface area contributed by atoms with E-state index in [1.165, 1.54) is 6.07 Å². The van der Waals surface area contributed by atoms with Crippen molar-refractivity contribution in [3.63, 3.8) is 0 Å². The maximum Gasteiger partial charge on any atom is 0.150 e. The first-order valence-corrected chi connectivity index (χ1v) is 6.67. The first-order chi connectivity index (χ1) is 8.69. The van der Waals surface area contributed by atoms with Crippen molar-refractivity contribution in [3.05, 3.63) is 64.4 Å². The Bertz CT molecular complexity index is 571. The molecule has 0 aliphatic carbocycles. The number of carbonyl (C=O) groups excluding carboxylic acids is 1. The minimum atomic E-state index is -0.413. The molecule has 2 rings (SSSR count). The Balaban J connectivity index is 2.06. The Hall–Kier alpha value is -1.32. The number of rotatable bonds is 4. The van der Waals surface area contributed by atoms with E-state index >= 15 is 0 Å². The number of hydrogen-bond acceptors (Lipinski definition) is 2. The third kappa shape index (κ3) is 3.34. The van der Waals surface area contributed by atoms with Crippen LogP contribution in [0.5, 0.6) is 0 Å². The lowest BCUT2D eigenvalue weighted by Gasteiger charge is -2.03. The first-order valence-electron chi connectivity index (χ1n) is 5.31. The summed E-state index contributed by atoms with van der Waals surface area (Å²) in [6.07, 6.45) is 0.822. The molecule has 0 saturated heterocycles. The third-order valence-electron chi connectivity index (χ3n) is 2.38. The van der Waals surface area contributed by atoms with Gasteiger partial charge in [0.05, 0.1) is 5.02 Å². The van der Waals surface area contributed by atoms with Crippen molar-refractivity contribution in [2.45, 2.75) is 10.6 Å². The highest BCUT2D eigenvalue weighted by molar-refractivity contribution is 7.98. The van der Waals surface area contributed by atoms with E-state index in [0.29, 0.717) is 11.3 Å². The SMILES string of the molecule is O=Cc1cccc(CSc2ccc(F)c(Cl)c2)c1. The van der Waals surface area contributed by atoms with Gasteiger partial charge in [0.1, 0.15) is 12.1 Å². The normalized spacial score (nSPS) is 10.3. The highest BCUT2D eigenvalue weighted by Gasteiger charge is 2.02. The molecule has 0 radical (unpaired) electrons. The van der Waals surface area contributed by atoms with Crippen molar-refractivity contribution in [3.8, 4) is 0 Å². The topological polar surface area (TPSA) is 17.1 Å². The Morgan fingerprint density at radius 2 is 2.06 bits per heavy atom. The zero-order valence-corrected chi connectivity index (χ0v) is 11.0. The van der Waals surface area contributed by atoms with Gasteiger partial charge in [0, 0.05) is 16.2 Å². The van der Waals surface area contributed by atoms with Gasteiger partial charge < -0.3 is 0 Å². The molecule has 0 spiro atoms. The zero-order valence-electron chi connectivity index (χ0n) is 9.40. The summed E-state index contributed by atoms with van der Waals surface area (Å²) in [7, 11) is 0. The molecule has 0 amide bonds. The van der Waals surface area contributed by atoms with Gasteiger partial charge in [-0.25, -0.2) is 4.39 Å². The van der Waals surface area contributed by atoms with E-state index < -0.39 is 5.82 Å². The maximum atomic E-state index is 13.0. The van der Waals surface area contributed by atoms with Gasteiger partial charge in [-0.1, -0.05) is 29.8 Å². The lowest BCUT2D eigenvalue weighted by Crippen LogP contribution is -1.85. The summed E-state index contributed by atoms with van der Waals surface area (Å²) < 4.78 is 13.0. The summed E-state index contributed by atoms with van der Waals surface area (Å²) in [5.74, 6) is 0.299. The molecule has 0 bridgehead atoms. The van der Waals surface area contributed by atoms with Crippen LogP contribution in [0.1, 0.15) is 15.9 Å². The van der Waals surface area contributed by atoms with Gasteiger partial charge >= 0.3 is 0 Å². The van der Waals surface area contributed by atoms with Gasteiger partial charge in [0.2, 0.25) is 0 Å².